The number of esters is 1. The molecule has 1 saturated carbocycles. The molecule has 104 valence electrons. The molecule has 0 spiro atoms. The maximum absolute atomic E-state index is 11.4. The van der Waals surface area contributed by atoms with Gasteiger partial charge in [-0.05, 0) is 25.7 Å². The van der Waals surface area contributed by atoms with Gasteiger partial charge in [0.15, 0.2) is 0 Å². The maximum Gasteiger partial charge on any atom is 0.308 e. The minimum absolute atomic E-state index is 0.0444. The van der Waals surface area contributed by atoms with Gasteiger partial charge in [0.1, 0.15) is 12.1 Å². The zero-order valence-electron chi connectivity index (χ0n) is 11.3. The fourth-order valence-corrected chi connectivity index (χ4v) is 2.38. The first-order valence-electron chi connectivity index (χ1n) is 6.43. The Morgan fingerprint density at radius 3 is 2.63 bits per heavy atom. The Hall–Kier alpha value is -1.85. The van der Waals surface area contributed by atoms with Crippen LogP contribution >= 0.6 is 0 Å². The molecule has 1 aromatic heterocycles. The molecule has 1 aromatic rings. The van der Waals surface area contributed by atoms with Crippen LogP contribution in [0.4, 0.5) is 5.82 Å². The lowest BCUT2D eigenvalue weighted by molar-refractivity contribution is -0.146. The molecule has 19 heavy (non-hydrogen) atoms. The molecule has 1 aliphatic rings. The van der Waals surface area contributed by atoms with Crippen LogP contribution in [-0.4, -0.2) is 36.2 Å². The Morgan fingerprint density at radius 1 is 1.26 bits per heavy atom. The van der Waals surface area contributed by atoms with Crippen LogP contribution in [-0.2, 0) is 9.53 Å². The Morgan fingerprint density at radius 2 is 2.00 bits per heavy atom. The van der Waals surface area contributed by atoms with Gasteiger partial charge < -0.3 is 14.8 Å². The first kappa shape index (κ1) is 13.6. The van der Waals surface area contributed by atoms with Gasteiger partial charge in [0.25, 0.3) is 0 Å². The average molecular weight is 265 g/mol. The maximum atomic E-state index is 11.4. The van der Waals surface area contributed by atoms with Crippen molar-refractivity contribution in [2.75, 3.05) is 19.5 Å². The van der Waals surface area contributed by atoms with Gasteiger partial charge in [0.05, 0.1) is 20.1 Å². The van der Waals surface area contributed by atoms with Gasteiger partial charge in [-0.25, -0.2) is 9.97 Å². The molecule has 1 heterocycles. The highest BCUT2D eigenvalue weighted by Gasteiger charge is 2.26. The van der Waals surface area contributed by atoms with E-state index in [0.717, 1.165) is 31.5 Å². The molecule has 0 saturated heterocycles. The zero-order chi connectivity index (χ0) is 13.7. The van der Waals surface area contributed by atoms with Crippen LogP contribution in [0.1, 0.15) is 25.7 Å². The normalized spacial score (nSPS) is 22.6. The molecule has 1 aliphatic carbocycles. The molecular weight excluding hydrogens is 246 g/mol. The van der Waals surface area contributed by atoms with Crippen molar-refractivity contribution in [3.05, 3.63) is 12.4 Å². The van der Waals surface area contributed by atoms with Gasteiger partial charge in [0, 0.05) is 12.1 Å². The minimum Gasteiger partial charge on any atom is -0.481 e. The van der Waals surface area contributed by atoms with Gasteiger partial charge in [-0.2, -0.15) is 0 Å². The van der Waals surface area contributed by atoms with E-state index in [1.54, 1.807) is 13.2 Å². The highest BCUT2D eigenvalue weighted by molar-refractivity contribution is 5.72. The number of hydrogen-bond donors (Lipinski definition) is 1. The SMILES string of the molecule is COC(=O)C1CCC(Nc2cc(OC)ncn2)CC1. The molecular formula is C13H19N3O3. The molecule has 0 radical (unpaired) electrons. The van der Waals surface area contributed by atoms with E-state index in [2.05, 4.69) is 15.3 Å². The van der Waals surface area contributed by atoms with E-state index in [-0.39, 0.29) is 11.9 Å². The highest BCUT2D eigenvalue weighted by Crippen LogP contribution is 2.27. The number of ether oxygens (including phenoxy) is 2. The summed E-state index contributed by atoms with van der Waals surface area (Å²) in [6, 6.07) is 2.10. The van der Waals surface area contributed by atoms with Crippen molar-refractivity contribution in [1.82, 2.24) is 9.97 Å². The van der Waals surface area contributed by atoms with Crippen molar-refractivity contribution in [3.63, 3.8) is 0 Å². The summed E-state index contributed by atoms with van der Waals surface area (Å²) in [6.45, 7) is 0. The number of rotatable bonds is 4. The van der Waals surface area contributed by atoms with Gasteiger partial charge in [0.2, 0.25) is 5.88 Å². The number of carbonyl (C=O) groups is 1. The Kier molecular flexibility index (Phi) is 4.54. The van der Waals surface area contributed by atoms with Crippen molar-refractivity contribution in [2.24, 2.45) is 5.92 Å². The molecule has 0 amide bonds. The third-order valence-electron chi connectivity index (χ3n) is 3.46. The summed E-state index contributed by atoms with van der Waals surface area (Å²) in [5, 5.41) is 3.35. The number of nitrogens with zero attached hydrogens (tertiary/aromatic N) is 2. The Labute approximate surface area is 112 Å². The van der Waals surface area contributed by atoms with E-state index in [9.17, 15) is 4.79 Å². The first-order valence-corrected chi connectivity index (χ1v) is 6.43. The van der Waals surface area contributed by atoms with E-state index in [0.29, 0.717) is 11.9 Å². The fraction of sp³-hybridized carbons (Fsp3) is 0.615. The van der Waals surface area contributed by atoms with E-state index in [4.69, 9.17) is 9.47 Å². The second-order valence-corrected chi connectivity index (χ2v) is 4.66. The molecule has 6 heteroatoms. The monoisotopic (exact) mass is 265 g/mol. The Balaban J connectivity index is 1.86. The molecule has 6 nitrogen and oxygen atoms in total. The minimum atomic E-state index is -0.0952. The van der Waals surface area contributed by atoms with Crippen LogP contribution in [0.15, 0.2) is 12.4 Å². The van der Waals surface area contributed by atoms with Crippen molar-refractivity contribution in [1.29, 1.82) is 0 Å². The average Bonchev–Trinajstić information content (AvgIpc) is 2.47. The van der Waals surface area contributed by atoms with Crippen LogP contribution in [0.5, 0.6) is 5.88 Å². The van der Waals surface area contributed by atoms with Crippen LogP contribution < -0.4 is 10.1 Å². The quantitative estimate of drug-likeness (QED) is 0.834. The van der Waals surface area contributed by atoms with Crippen LogP contribution in [0.2, 0.25) is 0 Å². The lowest BCUT2D eigenvalue weighted by Gasteiger charge is -2.27. The molecule has 1 N–H and O–H groups in total. The Bertz CT molecular complexity index is 431. The first-order chi connectivity index (χ1) is 9.22. The summed E-state index contributed by atoms with van der Waals surface area (Å²) in [6.07, 6.45) is 5.05. The molecule has 1 fully saturated rings. The molecule has 0 aliphatic heterocycles. The van der Waals surface area contributed by atoms with E-state index >= 15 is 0 Å². The molecule has 0 unspecified atom stereocenters. The van der Waals surface area contributed by atoms with E-state index in [1.165, 1.54) is 13.4 Å². The number of nitrogens with one attached hydrogen (secondary N) is 1. The predicted octanol–water partition coefficient (Wildman–Crippen LogP) is 1.63. The molecule has 2 rings (SSSR count). The highest BCUT2D eigenvalue weighted by atomic mass is 16.5. The summed E-state index contributed by atoms with van der Waals surface area (Å²) in [5.74, 6) is 1.25. The molecule has 0 atom stereocenters. The fourth-order valence-electron chi connectivity index (χ4n) is 2.38. The van der Waals surface area contributed by atoms with E-state index < -0.39 is 0 Å². The topological polar surface area (TPSA) is 73.3 Å². The predicted molar refractivity (Wildman–Crippen MR) is 70.0 cm³/mol. The molecule has 0 aromatic carbocycles. The van der Waals surface area contributed by atoms with E-state index in [1.807, 2.05) is 0 Å². The lowest BCUT2D eigenvalue weighted by atomic mass is 9.86. The van der Waals surface area contributed by atoms with Gasteiger partial charge in [-0.3, -0.25) is 4.79 Å². The smallest absolute Gasteiger partial charge is 0.308 e. The second kappa shape index (κ2) is 6.36. The summed E-state index contributed by atoms with van der Waals surface area (Å²) in [5.41, 5.74) is 0. The number of methoxy groups -OCH3 is 2. The van der Waals surface area contributed by atoms with Gasteiger partial charge >= 0.3 is 5.97 Å². The van der Waals surface area contributed by atoms with Crippen molar-refractivity contribution < 1.29 is 14.3 Å². The summed E-state index contributed by atoms with van der Waals surface area (Å²) in [4.78, 5) is 19.6. The second-order valence-electron chi connectivity index (χ2n) is 4.66. The summed E-state index contributed by atoms with van der Waals surface area (Å²) < 4.78 is 9.83. The number of carbonyl (C=O) groups excluding carboxylic acids is 1. The third-order valence-corrected chi connectivity index (χ3v) is 3.46. The standard InChI is InChI=1S/C13H19N3O3/c1-18-12-7-11(14-8-15-12)16-10-5-3-9(4-6-10)13(17)19-2/h7-10H,3-6H2,1-2H3,(H,14,15,16). The van der Waals surface area contributed by atoms with Crippen LogP contribution in [0.3, 0.4) is 0 Å². The summed E-state index contributed by atoms with van der Waals surface area (Å²) >= 11 is 0. The summed E-state index contributed by atoms with van der Waals surface area (Å²) in [7, 11) is 3.02. The number of anilines is 1. The van der Waals surface area contributed by atoms with Crippen molar-refractivity contribution in [3.8, 4) is 5.88 Å². The van der Waals surface area contributed by atoms with Crippen LogP contribution in [0, 0.1) is 5.92 Å². The zero-order valence-corrected chi connectivity index (χ0v) is 11.3. The lowest BCUT2D eigenvalue weighted by Crippen LogP contribution is -2.30. The third kappa shape index (κ3) is 3.56. The molecule has 0 bridgehead atoms. The largest absolute Gasteiger partial charge is 0.481 e. The number of aromatic nitrogens is 2. The van der Waals surface area contributed by atoms with Gasteiger partial charge in [-0.15, -0.1) is 0 Å². The van der Waals surface area contributed by atoms with Crippen molar-refractivity contribution in [2.45, 2.75) is 31.7 Å². The van der Waals surface area contributed by atoms with Gasteiger partial charge in [-0.1, -0.05) is 0 Å². The van der Waals surface area contributed by atoms with Crippen LogP contribution in [0.25, 0.3) is 0 Å². The van der Waals surface area contributed by atoms with Crippen molar-refractivity contribution >= 4 is 11.8 Å². The number of hydrogen-bond acceptors (Lipinski definition) is 6.